The number of hydrogen-bond donors (Lipinski definition) is 29. The lowest BCUT2D eigenvalue weighted by atomic mass is 9.89. The topological polar surface area (TPSA) is 804 Å². The Labute approximate surface area is 669 Å². The van der Waals surface area contributed by atoms with Gasteiger partial charge in [0.25, 0.3) is 11.5 Å². The number of rotatable bonds is 59. The van der Waals surface area contributed by atoms with E-state index in [0.29, 0.717) is 11.4 Å². The van der Waals surface area contributed by atoms with Crippen LogP contribution in [0.25, 0.3) is 11.0 Å². The molecule has 0 unspecified atom stereocenters. The number of carbonyl (C=O) groups is 14. The number of amides is 7. The van der Waals surface area contributed by atoms with Crippen LogP contribution < -0.4 is 53.8 Å². The second kappa shape index (κ2) is 51.3. The molecule has 0 saturated heterocycles. The van der Waals surface area contributed by atoms with Gasteiger partial charge in [-0.15, -0.1) is 0 Å². The van der Waals surface area contributed by atoms with E-state index < -0.39 is 339 Å². The molecule has 7 amide bonds. The highest BCUT2D eigenvalue weighted by molar-refractivity contribution is 7.98. The van der Waals surface area contributed by atoms with Crippen molar-refractivity contribution in [2.75, 3.05) is 62.5 Å². The molecular weight excluding hydrogens is 1580 g/mol. The van der Waals surface area contributed by atoms with Crippen molar-refractivity contribution in [1.29, 1.82) is 0 Å². The predicted octanol–water partition coefficient (Wildman–Crippen LogP) is -10.2. The van der Waals surface area contributed by atoms with Gasteiger partial charge in [0.1, 0.15) is 78.6 Å². The molecule has 0 aliphatic carbocycles. The van der Waals surface area contributed by atoms with Crippen LogP contribution >= 0.6 is 11.8 Å². The Balaban J connectivity index is 2.06. The van der Waals surface area contributed by atoms with Gasteiger partial charge in [-0.2, -0.15) is 11.8 Å². The number of nitrogens with two attached hydrogens (primary N) is 1. The maximum Gasteiger partial charge on any atom is 0.327 e. The molecule has 654 valence electrons. The second-order valence-corrected chi connectivity index (χ2v) is 28.3. The summed E-state index contributed by atoms with van der Waals surface area (Å²) in [6.45, 7) is -5.77. The number of thioether (sulfide) groups is 1. The third-order valence-corrected chi connectivity index (χ3v) is 19.0. The number of hydrogen-bond acceptors (Lipinski definition) is 35. The first-order valence-electron chi connectivity index (χ1n) is 36.5. The number of nitrogen functional groups attached to an aromatic ring is 1. The fourth-order valence-corrected chi connectivity index (χ4v) is 11.8. The maximum absolute atomic E-state index is 14.8. The van der Waals surface area contributed by atoms with Gasteiger partial charge in [-0.1, -0.05) is 0 Å². The van der Waals surface area contributed by atoms with Gasteiger partial charge in [-0.3, -0.25) is 67.3 Å². The van der Waals surface area contributed by atoms with Crippen LogP contribution in [0.5, 0.6) is 0 Å². The molecule has 0 spiro atoms. The minimum absolute atomic E-state index is 0.0147. The standard InChI is InChI=1S/C70H104N12O34S/c1-117-30-42(70(115)116)81-67(111)34(6-15-54(97)76-26-47(91)60(104)63(107)50(94)29-85)20-44(88)39(12-17-56(100)101)79-66(110)33(5-14-53(96)75-25-46(90)59(103)62(106)49(93)28-84)19-43(87)38(11-16-55(98)99)78-65(109)32(4-13-52(95)74-24-45(89)58(102)61(105)48(92)27-83)18-37(86)9-10-40(69(113)114)80-64(108)31-2-7-35(8-3-31)72-22-36-23-73-41-21-51(71)82-68(112)57(41)77-36/h2-3,7-8,21,23,32-34,38-40,42,45-50,58-63,72,83-85,89-94,102-107H,4-6,9-20,22,24-30H2,1H3,(H,74,95)(H,75,96)(H,76,97)(H,78,109)(H,79,110)(H,80,108)(H,81,111)(H,98,99)(H,100,101)(H,113,114)(H,115,116)(H3,71,82,112)/t32-,33-,34-,38-,39-,40-,42-,45+,46+,47+,48-,49-,50-,58-,59-,60-,61-,62-,63-/m1/s1. The Kier molecular flexibility index (Phi) is 44.4. The second-order valence-electron chi connectivity index (χ2n) is 27.4. The van der Waals surface area contributed by atoms with Crippen molar-refractivity contribution in [2.45, 2.75) is 200 Å². The van der Waals surface area contributed by atoms with E-state index >= 15 is 0 Å². The van der Waals surface area contributed by atoms with E-state index in [1.54, 1.807) is 0 Å². The summed E-state index contributed by atoms with van der Waals surface area (Å²) in [5, 5.41) is 208. The lowest BCUT2D eigenvalue weighted by Gasteiger charge is -2.26. The molecular formula is C70H104N12O34S. The van der Waals surface area contributed by atoms with E-state index in [-0.39, 0.29) is 34.7 Å². The van der Waals surface area contributed by atoms with Crippen LogP contribution in [-0.4, -0.2) is 343 Å². The zero-order valence-corrected chi connectivity index (χ0v) is 64.0. The van der Waals surface area contributed by atoms with Gasteiger partial charge in [0.05, 0.1) is 74.2 Å². The van der Waals surface area contributed by atoms with Crippen LogP contribution in [0.15, 0.2) is 41.3 Å². The van der Waals surface area contributed by atoms with E-state index in [1.165, 1.54) is 42.8 Å². The van der Waals surface area contributed by atoms with Gasteiger partial charge in [-0.05, 0) is 69.0 Å². The highest BCUT2D eigenvalue weighted by Crippen LogP contribution is 2.24. The van der Waals surface area contributed by atoms with E-state index in [2.05, 4.69) is 57.5 Å². The highest BCUT2D eigenvalue weighted by Gasteiger charge is 2.38. The van der Waals surface area contributed by atoms with E-state index in [4.69, 9.17) is 10.8 Å². The number of aromatic amines is 1. The summed E-state index contributed by atoms with van der Waals surface area (Å²) in [4.78, 5) is 212. The molecule has 3 aromatic rings. The van der Waals surface area contributed by atoms with Crippen LogP contribution in [-0.2, 0) is 68.9 Å². The number of aliphatic hydroxyl groups excluding tert-OH is 15. The lowest BCUT2D eigenvalue weighted by Crippen LogP contribution is -2.50. The molecule has 0 fully saturated rings. The van der Waals surface area contributed by atoms with E-state index in [1.807, 2.05) is 0 Å². The molecule has 0 bridgehead atoms. The van der Waals surface area contributed by atoms with Gasteiger partial charge in [0.15, 0.2) is 17.1 Å². The van der Waals surface area contributed by atoms with Crippen molar-refractivity contribution in [2.24, 2.45) is 17.8 Å². The smallest absolute Gasteiger partial charge is 0.327 e. The van der Waals surface area contributed by atoms with Gasteiger partial charge >= 0.3 is 23.9 Å². The molecule has 117 heavy (non-hydrogen) atoms. The van der Waals surface area contributed by atoms with Crippen molar-refractivity contribution in [3.63, 3.8) is 0 Å². The Morgan fingerprint density at radius 3 is 1.22 bits per heavy atom. The summed E-state index contributed by atoms with van der Waals surface area (Å²) >= 11 is 0.954. The van der Waals surface area contributed by atoms with E-state index in [9.17, 15) is 164 Å². The first kappa shape index (κ1) is 101. The molecule has 0 aliphatic heterocycles. The van der Waals surface area contributed by atoms with Crippen LogP contribution in [0.3, 0.4) is 0 Å². The molecule has 0 saturated carbocycles. The molecule has 2 aromatic heterocycles. The minimum atomic E-state index is -2.22. The molecule has 30 N–H and O–H groups in total. The number of aromatic nitrogens is 3. The number of nitrogens with zero attached hydrogens (tertiary/aromatic N) is 2. The van der Waals surface area contributed by atoms with Crippen molar-refractivity contribution >= 4 is 117 Å². The minimum Gasteiger partial charge on any atom is -0.481 e. The number of ketones is 3. The summed E-state index contributed by atoms with van der Waals surface area (Å²) < 4.78 is 0. The normalized spacial score (nSPS) is 16.4. The number of benzene rings is 1. The molecule has 0 aliphatic rings. The van der Waals surface area contributed by atoms with Crippen LogP contribution in [0.4, 0.5) is 11.5 Å². The van der Waals surface area contributed by atoms with Crippen LogP contribution in [0.1, 0.15) is 112 Å². The fraction of sp³-hybridized carbons (Fsp3) is 0.614. The lowest BCUT2D eigenvalue weighted by molar-refractivity contribution is -0.142. The average molecular weight is 1690 g/mol. The highest BCUT2D eigenvalue weighted by atomic mass is 32.2. The van der Waals surface area contributed by atoms with Gasteiger partial charge in [-0.25, -0.2) is 14.6 Å². The summed E-state index contributed by atoms with van der Waals surface area (Å²) in [6.07, 6.45) is -34.8. The van der Waals surface area contributed by atoms with Gasteiger partial charge in [0, 0.05) is 118 Å². The fourth-order valence-electron chi connectivity index (χ4n) is 11.3. The summed E-state index contributed by atoms with van der Waals surface area (Å²) in [5.74, 6) is -23.5. The summed E-state index contributed by atoms with van der Waals surface area (Å²) in [6, 6.07) is -0.573. The molecule has 19 atom stereocenters. The number of pyridine rings is 1. The first-order chi connectivity index (χ1) is 55.0. The number of carboxylic acids is 4. The number of anilines is 2. The average Bonchev–Trinajstić information content (AvgIpc) is 0.812. The van der Waals surface area contributed by atoms with Crippen molar-refractivity contribution < 1.29 is 164 Å². The summed E-state index contributed by atoms with van der Waals surface area (Å²) in [5.41, 5.74) is 6.03. The Bertz CT molecular complexity index is 3880. The largest absolute Gasteiger partial charge is 0.481 e. The number of fused-ring (bicyclic) bond motifs is 1. The van der Waals surface area contributed by atoms with Crippen molar-refractivity contribution in [1.82, 2.24) is 52.2 Å². The van der Waals surface area contributed by atoms with Gasteiger partial charge in [0.2, 0.25) is 35.4 Å². The molecule has 47 heteroatoms. The molecule has 1 aromatic carbocycles. The Morgan fingerprint density at radius 2 is 0.846 bits per heavy atom. The first-order valence-corrected chi connectivity index (χ1v) is 37.9. The zero-order chi connectivity index (χ0) is 88.1. The molecule has 0 radical (unpaired) electrons. The third kappa shape index (κ3) is 35.4. The van der Waals surface area contributed by atoms with Gasteiger partial charge < -0.3 is 150 Å². The number of carbonyl (C=O) groups excluding carboxylic acids is 10. The summed E-state index contributed by atoms with van der Waals surface area (Å²) in [7, 11) is 0. The number of aliphatic carboxylic acids is 4. The maximum atomic E-state index is 14.8. The molecule has 3 rings (SSSR count). The quantitative estimate of drug-likeness (QED) is 0.0249. The number of nitrogens with one attached hydrogen (secondary N) is 9. The SMILES string of the molecule is CSC[C@@H](NC(=O)[C@H](CCC(=O)NC[C@H](O)[C@@H](O)[C@H](O)[C@H](O)CO)CC(=O)[C@@H](CCC(=O)O)NC(=O)[C@H](CCC(=O)NC[C@H](O)[C@@H](O)[C@H](O)[C@H](O)CO)CC(=O)[C@@H](CCC(=O)O)NC(=O)[C@H](CCC(=O)NC[C@H](O)[C@@H](O)[C@H](O)[C@H](O)CO)CC(=O)CC[C@@H](NC(=O)c1ccc(NCc2cnc3cc(N)[nH]c(=O)c3n2)cc1)C(=O)O)C(=O)O. The van der Waals surface area contributed by atoms with Crippen LogP contribution in [0, 0.1) is 17.8 Å². The third-order valence-electron chi connectivity index (χ3n) is 18.3. The number of Topliss-reactive ketones (excluding diaryl/α,β-unsaturated/α-hetero) is 3. The van der Waals surface area contributed by atoms with Crippen molar-refractivity contribution in [3.8, 4) is 0 Å². The van der Waals surface area contributed by atoms with E-state index in [0.717, 1.165) is 11.8 Å². The number of carboxylic acid groups (broad SMARTS) is 4. The van der Waals surface area contributed by atoms with Crippen molar-refractivity contribution in [3.05, 3.63) is 58.1 Å². The molecule has 46 nitrogen and oxygen atoms in total. The monoisotopic (exact) mass is 1690 g/mol. The predicted molar refractivity (Wildman–Crippen MR) is 401 cm³/mol. The van der Waals surface area contributed by atoms with Crippen LogP contribution in [0.2, 0.25) is 0 Å². The Morgan fingerprint density at radius 1 is 0.470 bits per heavy atom. The number of H-pyrrole nitrogens is 1. The number of aliphatic hydroxyl groups is 15. The zero-order valence-electron chi connectivity index (χ0n) is 63.2. The Hall–Kier alpha value is -9.96. The molecule has 2 heterocycles.